The lowest BCUT2D eigenvalue weighted by atomic mass is 10.1. The minimum atomic E-state index is -0.209. The van der Waals surface area contributed by atoms with E-state index in [0.29, 0.717) is 13.0 Å². The molecule has 0 aliphatic heterocycles. The minimum absolute atomic E-state index is 0.209. The van der Waals surface area contributed by atoms with Crippen LogP contribution in [0.5, 0.6) is 5.75 Å². The molecule has 0 aliphatic rings. The Morgan fingerprint density at radius 3 is 2.29 bits per heavy atom. The van der Waals surface area contributed by atoms with Crippen LogP contribution in [0.2, 0.25) is 0 Å². The number of hydrogen-bond donors (Lipinski definition) is 1. The molecule has 17 heavy (non-hydrogen) atoms. The summed E-state index contributed by atoms with van der Waals surface area (Å²) in [5, 5.41) is 3.19. The summed E-state index contributed by atoms with van der Waals surface area (Å²) in [7, 11) is 3.06. The number of hydrogen-bond acceptors (Lipinski definition) is 4. The molecule has 0 spiro atoms. The molecule has 1 aromatic rings. The molecule has 0 fully saturated rings. The largest absolute Gasteiger partial charge is 0.496 e. The van der Waals surface area contributed by atoms with Crippen LogP contribution in [0, 0.1) is 13.8 Å². The molecule has 1 rings (SSSR count). The Balaban J connectivity index is 2.64. The lowest BCUT2D eigenvalue weighted by Gasteiger charge is -2.12. The maximum absolute atomic E-state index is 11.0. The van der Waals surface area contributed by atoms with E-state index in [1.54, 1.807) is 7.11 Å². The van der Waals surface area contributed by atoms with Crippen LogP contribution in [0.4, 0.5) is 5.69 Å². The highest BCUT2D eigenvalue weighted by atomic mass is 16.5. The molecule has 0 aliphatic carbocycles. The van der Waals surface area contributed by atoms with E-state index in [1.165, 1.54) is 7.11 Å². The summed E-state index contributed by atoms with van der Waals surface area (Å²) in [6.45, 7) is 4.56. The molecule has 0 atom stereocenters. The number of nitrogens with one attached hydrogen (secondary N) is 1. The van der Waals surface area contributed by atoms with Gasteiger partial charge in [0.15, 0.2) is 0 Å². The number of ether oxygens (including phenoxy) is 2. The SMILES string of the molecule is COC(=O)CCNc1cc(C)c(OC)c(C)c1. The lowest BCUT2D eigenvalue weighted by molar-refractivity contribution is -0.140. The monoisotopic (exact) mass is 237 g/mol. The van der Waals surface area contributed by atoms with E-state index in [9.17, 15) is 4.79 Å². The van der Waals surface area contributed by atoms with Crippen molar-refractivity contribution >= 4 is 11.7 Å². The third kappa shape index (κ3) is 3.66. The number of benzene rings is 1. The van der Waals surface area contributed by atoms with Gasteiger partial charge in [-0.3, -0.25) is 4.79 Å². The van der Waals surface area contributed by atoms with Gasteiger partial charge in [-0.2, -0.15) is 0 Å². The van der Waals surface area contributed by atoms with Crippen LogP contribution in [0.25, 0.3) is 0 Å². The molecule has 4 heteroatoms. The smallest absolute Gasteiger partial charge is 0.307 e. The molecule has 0 saturated carbocycles. The van der Waals surface area contributed by atoms with Gasteiger partial charge in [-0.25, -0.2) is 0 Å². The number of methoxy groups -OCH3 is 2. The number of rotatable bonds is 5. The molecule has 0 aromatic heterocycles. The van der Waals surface area contributed by atoms with Crippen LogP contribution >= 0.6 is 0 Å². The van der Waals surface area contributed by atoms with Crippen LogP contribution in [-0.2, 0) is 9.53 Å². The second kappa shape index (κ2) is 6.13. The zero-order valence-corrected chi connectivity index (χ0v) is 10.8. The van der Waals surface area contributed by atoms with Crippen LogP contribution in [0.3, 0.4) is 0 Å². The predicted octanol–water partition coefficient (Wildman–Crippen LogP) is 2.29. The number of anilines is 1. The van der Waals surface area contributed by atoms with Gasteiger partial charge in [-0.1, -0.05) is 0 Å². The second-order valence-corrected chi connectivity index (χ2v) is 3.90. The average molecular weight is 237 g/mol. The van der Waals surface area contributed by atoms with Gasteiger partial charge < -0.3 is 14.8 Å². The third-order valence-electron chi connectivity index (χ3n) is 2.55. The number of aryl methyl sites for hydroxylation is 2. The van der Waals surface area contributed by atoms with E-state index < -0.39 is 0 Å². The van der Waals surface area contributed by atoms with Crippen molar-refractivity contribution in [1.29, 1.82) is 0 Å². The fourth-order valence-corrected chi connectivity index (χ4v) is 1.79. The number of carbonyl (C=O) groups is 1. The molecule has 0 amide bonds. The van der Waals surface area contributed by atoms with Crippen molar-refractivity contribution in [3.05, 3.63) is 23.3 Å². The molecular formula is C13H19NO3. The van der Waals surface area contributed by atoms with E-state index >= 15 is 0 Å². The zero-order chi connectivity index (χ0) is 12.8. The molecule has 0 unspecified atom stereocenters. The summed E-state index contributed by atoms with van der Waals surface area (Å²) in [6.07, 6.45) is 0.362. The quantitative estimate of drug-likeness (QED) is 0.798. The van der Waals surface area contributed by atoms with Crippen molar-refractivity contribution in [2.75, 3.05) is 26.1 Å². The summed E-state index contributed by atoms with van der Waals surface area (Å²) in [5.74, 6) is 0.697. The summed E-state index contributed by atoms with van der Waals surface area (Å²) >= 11 is 0. The first kappa shape index (κ1) is 13.4. The molecule has 1 N–H and O–H groups in total. The van der Waals surface area contributed by atoms with Crippen molar-refractivity contribution in [2.24, 2.45) is 0 Å². The third-order valence-corrected chi connectivity index (χ3v) is 2.55. The molecule has 0 radical (unpaired) electrons. The first-order valence-electron chi connectivity index (χ1n) is 5.54. The van der Waals surface area contributed by atoms with Crippen molar-refractivity contribution in [2.45, 2.75) is 20.3 Å². The maximum Gasteiger partial charge on any atom is 0.307 e. The predicted molar refractivity (Wildman–Crippen MR) is 67.6 cm³/mol. The topological polar surface area (TPSA) is 47.6 Å². The highest BCUT2D eigenvalue weighted by Crippen LogP contribution is 2.26. The molecule has 0 saturated heterocycles. The van der Waals surface area contributed by atoms with Crippen LogP contribution in [0.1, 0.15) is 17.5 Å². The fraction of sp³-hybridized carbons (Fsp3) is 0.462. The summed E-state index contributed by atoms with van der Waals surface area (Å²) in [6, 6.07) is 4.01. The molecule has 1 aromatic carbocycles. The molecular weight excluding hydrogens is 218 g/mol. The first-order chi connectivity index (χ1) is 8.08. The number of esters is 1. The van der Waals surface area contributed by atoms with Gasteiger partial charge in [0.2, 0.25) is 0 Å². The standard InChI is InChI=1S/C13H19NO3/c1-9-7-11(8-10(2)13(9)17-4)14-6-5-12(15)16-3/h7-8,14H,5-6H2,1-4H3. The van der Waals surface area contributed by atoms with Crippen molar-refractivity contribution in [3.8, 4) is 5.75 Å². The Kier molecular flexibility index (Phi) is 4.82. The Labute approximate surface area is 102 Å². The van der Waals surface area contributed by atoms with Crippen molar-refractivity contribution < 1.29 is 14.3 Å². The Hall–Kier alpha value is -1.71. The Morgan fingerprint density at radius 1 is 1.24 bits per heavy atom. The maximum atomic E-state index is 11.0. The molecule has 94 valence electrons. The normalized spacial score (nSPS) is 9.88. The first-order valence-corrected chi connectivity index (χ1v) is 5.54. The van der Waals surface area contributed by atoms with Gasteiger partial charge in [0.25, 0.3) is 0 Å². The number of carbonyl (C=O) groups excluding carboxylic acids is 1. The Morgan fingerprint density at radius 2 is 1.82 bits per heavy atom. The Bertz CT molecular complexity index is 379. The van der Waals surface area contributed by atoms with Gasteiger partial charge in [0, 0.05) is 12.2 Å². The lowest BCUT2D eigenvalue weighted by Crippen LogP contribution is -2.10. The van der Waals surface area contributed by atoms with Gasteiger partial charge >= 0.3 is 5.97 Å². The fourth-order valence-electron chi connectivity index (χ4n) is 1.79. The summed E-state index contributed by atoms with van der Waals surface area (Å²) in [5.41, 5.74) is 3.14. The molecule has 0 bridgehead atoms. The highest BCUT2D eigenvalue weighted by Gasteiger charge is 2.05. The zero-order valence-electron chi connectivity index (χ0n) is 10.8. The minimum Gasteiger partial charge on any atom is -0.496 e. The van der Waals surface area contributed by atoms with Gasteiger partial charge in [-0.15, -0.1) is 0 Å². The van der Waals surface area contributed by atoms with Crippen molar-refractivity contribution in [1.82, 2.24) is 0 Å². The van der Waals surface area contributed by atoms with Crippen LogP contribution in [0.15, 0.2) is 12.1 Å². The average Bonchev–Trinajstić information content (AvgIpc) is 2.28. The van der Waals surface area contributed by atoms with E-state index in [4.69, 9.17) is 4.74 Å². The van der Waals surface area contributed by atoms with E-state index in [2.05, 4.69) is 10.1 Å². The van der Waals surface area contributed by atoms with Gasteiger partial charge in [0.05, 0.1) is 20.6 Å². The van der Waals surface area contributed by atoms with E-state index in [-0.39, 0.29) is 5.97 Å². The molecule has 0 heterocycles. The second-order valence-electron chi connectivity index (χ2n) is 3.90. The van der Waals surface area contributed by atoms with Gasteiger partial charge in [0.1, 0.15) is 5.75 Å². The molecule has 4 nitrogen and oxygen atoms in total. The van der Waals surface area contributed by atoms with Crippen molar-refractivity contribution in [3.63, 3.8) is 0 Å². The van der Waals surface area contributed by atoms with Crippen LogP contribution in [-0.4, -0.2) is 26.7 Å². The summed E-state index contributed by atoms with van der Waals surface area (Å²) in [4.78, 5) is 11.0. The van der Waals surface area contributed by atoms with E-state index in [1.807, 2.05) is 26.0 Å². The highest BCUT2D eigenvalue weighted by molar-refractivity contribution is 5.70. The summed E-state index contributed by atoms with van der Waals surface area (Å²) < 4.78 is 9.86. The van der Waals surface area contributed by atoms with Gasteiger partial charge in [-0.05, 0) is 37.1 Å². The van der Waals surface area contributed by atoms with Crippen LogP contribution < -0.4 is 10.1 Å². The van der Waals surface area contributed by atoms with E-state index in [0.717, 1.165) is 22.6 Å².